The number of carbonyl (C=O) groups is 2. The molecule has 2 aromatic carbocycles. The summed E-state index contributed by atoms with van der Waals surface area (Å²) < 4.78 is 11.2. The first-order valence-electron chi connectivity index (χ1n) is 14.9. The Morgan fingerprint density at radius 1 is 0.951 bits per heavy atom. The molecule has 0 aromatic heterocycles. The van der Waals surface area contributed by atoms with E-state index in [1.807, 2.05) is 47.4 Å². The van der Waals surface area contributed by atoms with E-state index in [4.69, 9.17) is 21.1 Å². The first-order chi connectivity index (χ1) is 19.9. The lowest BCUT2D eigenvalue weighted by molar-refractivity contribution is -0.122. The van der Waals surface area contributed by atoms with Crippen molar-refractivity contribution in [2.24, 2.45) is 0 Å². The number of rotatable bonds is 9. The third-order valence-electron chi connectivity index (χ3n) is 7.94. The maximum Gasteiger partial charge on any atom is 0.254 e. The lowest BCUT2D eigenvalue weighted by atomic mass is 10.1. The van der Waals surface area contributed by atoms with Gasteiger partial charge in [-0.25, -0.2) is 0 Å². The van der Waals surface area contributed by atoms with Crippen molar-refractivity contribution in [1.29, 1.82) is 0 Å². The topological polar surface area (TPSA) is 65.6 Å². The van der Waals surface area contributed by atoms with E-state index in [1.54, 1.807) is 4.90 Å². The van der Waals surface area contributed by atoms with Gasteiger partial charge in [-0.15, -0.1) is 0 Å². The van der Waals surface area contributed by atoms with Crippen molar-refractivity contribution in [3.05, 3.63) is 58.6 Å². The molecule has 2 heterocycles. The van der Waals surface area contributed by atoms with E-state index in [1.165, 1.54) is 33.0 Å². The first-order valence-corrected chi connectivity index (χ1v) is 15.3. The molecule has 2 aliphatic heterocycles. The normalized spacial score (nSPS) is 17.4. The monoisotopic (exact) mass is 584 g/mol. The van der Waals surface area contributed by atoms with Crippen molar-refractivity contribution in [1.82, 2.24) is 14.7 Å². The van der Waals surface area contributed by atoms with Crippen LogP contribution in [0.15, 0.2) is 42.5 Å². The first kappa shape index (κ1) is 31.3. The summed E-state index contributed by atoms with van der Waals surface area (Å²) in [5.41, 5.74) is 2.20. The molecule has 1 saturated heterocycles. The zero-order valence-electron chi connectivity index (χ0n) is 24.8. The highest BCUT2D eigenvalue weighted by Crippen LogP contribution is 2.28. The summed E-state index contributed by atoms with van der Waals surface area (Å²) in [5, 5.41) is 0.546. The molecule has 0 spiro atoms. The highest BCUT2D eigenvalue weighted by Gasteiger charge is 2.25. The molecule has 0 atom stereocenters. The van der Waals surface area contributed by atoms with E-state index in [0.29, 0.717) is 48.6 Å². The van der Waals surface area contributed by atoms with Gasteiger partial charge in [-0.1, -0.05) is 23.7 Å². The number of nitrogens with zero attached hydrogens (tertiary/aromatic N) is 4. The van der Waals surface area contributed by atoms with Crippen molar-refractivity contribution >= 4 is 29.1 Å². The van der Waals surface area contributed by atoms with Crippen molar-refractivity contribution < 1.29 is 19.1 Å². The molecule has 0 saturated carbocycles. The summed E-state index contributed by atoms with van der Waals surface area (Å²) in [4.78, 5) is 35.6. The summed E-state index contributed by atoms with van der Waals surface area (Å²) >= 11 is 6.41. The van der Waals surface area contributed by atoms with Gasteiger partial charge in [-0.2, -0.15) is 0 Å². The number of ether oxygens (including phenoxy) is 2. The van der Waals surface area contributed by atoms with Gasteiger partial charge in [-0.3, -0.25) is 14.5 Å². The standard InChI is InChI=1S/C32H45ClN4O4/c1-25(2)35-16-7-17-37(31(38)24-40-3)30-22-28(33)12-11-27(30)23-36(19-18-35)32(39)26-9-6-10-29(21-26)41-20-8-15-34-13-4-5-14-34/h6,9-12,21-22,25H,4-5,7-8,13-20,23-24H2,1-3H3. The minimum absolute atomic E-state index is 0.0205. The molecule has 41 heavy (non-hydrogen) atoms. The van der Waals surface area contributed by atoms with Crippen LogP contribution in [0.2, 0.25) is 5.02 Å². The third kappa shape index (κ3) is 8.92. The van der Waals surface area contributed by atoms with E-state index in [9.17, 15) is 9.59 Å². The highest BCUT2D eigenvalue weighted by atomic mass is 35.5. The second kappa shape index (κ2) is 15.5. The second-order valence-electron chi connectivity index (χ2n) is 11.2. The molecule has 0 N–H and O–H groups in total. The van der Waals surface area contributed by atoms with Crippen molar-refractivity contribution in [2.75, 3.05) is 71.0 Å². The number of halogens is 1. The van der Waals surface area contributed by atoms with Crippen LogP contribution in [0.1, 0.15) is 55.5 Å². The largest absolute Gasteiger partial charge is 0.494 e. The molecule has 0 unspecified atom stereocenters. The number of benzene rings is 2. The molecule has 9 heteroatoms. The Balaban J connectivity index is 1.55. The summed E-state index contributed by atoms with van der Waals surface area (Å²) in [5.74, 6) is 0.521. The second-order valence-corrected chi connectivity index (χ2v) is 11.7. The fourth-order valence-corrected chi connectivity index (χ4v) is 5.82. The van der Waals surface area contributed by atoms with E-state index in [-0.39, 0.29) is 18.4 Å². The number of anilines is 1. The van der Waals surface area contributed by atoms with Crippen LogP contribution in [-0.4, -0.2) is 98.7 Å². The highest BCUT2D eigenvalue weighted by molar-refractivity contribution is 6.31. The van der Waals surface area contributed by atoms with Crippen molar-refractivity contribution in [3.8, 4) is 5.75 Å². The van der Waals surface area contributed by atoms with E-state index in [0.717, 1.165) is 43.7 Å². The van der Waals surface area contributed by atoms with Crippen LogP contribution in [0.4, 0.5) is 5.69 Å². The van der Waals surface area contributed by atoms with E-state index >= 15 is 0 Å². The lowest BCUT2D eigenvalue weighted by Gasteiger charge is -2.30. The lowest BCUT2D eigenvalue weighted by Crippen LogP contribution is -2.41. The number of likely N-dealkylation sites (tertiary alicyclic amines) is 1. The van der Waals surface area contributed by atoms with Crippen LogP contribution >= 0.6 is 11.6 Å². The number of carbonyl (C=O) groups excluding carboxylic acids is 2. The molecule has 2 amide bonds. The number of amides is 2. The Morgan fingerprint density at radius 3 is 2.51 bits per heavy atom. The van der Waals surface area contributed by atoms with Gasteiger partial charge in [0.2, 0.25) is 0 Å². The predicted molar refractivity (Wildman–Crippen MR) is 164 cm³/mol. The van der Waals surface area contributed by atoms with Gasteiger partial charge in [0.25, 0.3) is 11.8 Å². The fraction of sp³-hybridized carbons (Fsp3) is 0.562. The molecule has 4 rings (SSSR count). The maximum absolute atomic E-state index is 14.0. The SMILES string of the molecule is COCC(=O)N1CCCN(C(C)C)CCN(C(=O)c2cccc(OCCCN3CCCC3)c2)Cc2ccc(Cl)cc21. The van der Waals surface area contributed by atoms with Crippen LogP contribution in [0.25, 0.3) is 0 Å². The Labute approximate surface area is 250 Å². The quantitative estimate of drug-likeness (QED) is 0.389. The fourth-order valence-electron chi connectivity index (χ4n) is 5.66. The van der Waals surface area contributed by atoms with Gasteiger partial charge in [0.1, 0.15) is 12.4 Å². The molecule has 224 valence electrons. The Hall–Kier alpha value is -2.65. The summed E-state index contributed by atoms with van der Waals surface area (Å²) in [6.45, 7) is 11.4. The summed E-state index contributed by atoms with van der Waals surface area (Å²) in [7, 11) is 1.52. The summed E-state index contributed by atoms with van der Waals surface area (Å²) in [6.07, 6.45) is 4.34. The molecule has 0 radical (unpaired) electrons. The van der Waals surface area contributed by atoms with Crippen LogP contribution < -0.4 is 9.64 Å². The van der Waals surface area contributed by atoms with E-state index in [2.05, 4.69) is 23.6 Å². The third-order valence-corrected chi connectivity index (χ3v) is 8.17. The molecule has 0 aliphatic carbocycles. The molecular weight excluding hydrogens is 540 g/mol. The summed E-state index contributed by atoms with van der Waals surface area (Å²) in [6, 6.07) is 13.4. The van der Waals surface area contributed by atoms with Gasteiger partial charge < -0.3 is 24.2 Å². The van der Waals surface area contributed by atoms with E-state index < -0.39 is 0 Å². The number of methoxy groups -OCH3 is 1. The van der Waals surface area contributed by atoms with Gasteiger partial charge in [0.15, 0.2) is 0 Å². The molecule has 8 nitrogen and oxygen atoms in total. The molecule has 2 aromatic rings. The van der Waals surface area contributed by atoms with Crippen LogP contribution in [0, 0.1) is 0 Å². The van der Waals surface area contributed by atoms with Crippen LogP contribution in [-0.2, 0) is 16.1 Å². The number of hydrogen-bond acceptors (Lipinski definition) is 6. The molecule has 2 aliphatic rings. The number of hydrogen-bond donors (Lipinski definition) is 0. The maximum atomic E-state index is 14.0. The number of fused-ring (bicyclic) bond motifs is 1. The van der Waals surface area contributed by atoms with Crippen molar-refractivity contribution in [2.45, 2.75) is 52.1 Å². The van der Waals surface area contributed by atoms with Crippen LogP contribution in [0.3, 0.4) is 0 Å². The van der Waals surface area contributed by atoms with Gasteiger partial charge >= 0.3 is 0 Å². The van der Waals surface area contributed by atoms with Crippen LogP contribution in [0.5, 0.6) is 5.75 Å². The minimum Gasteiger partial charge on any atom is -0.494 e. The molecule has 1 fully saturated rings. The average Bonchev–Trinajstić information content (AvgIpc) is 3.47. The molecule has 0 bridgehead atoms. The zero-order chi connectivity index (χ0) is 29.2. The average molecular weight is 585 g/mol. The van der Waals surface area contributed by atoms with Gasteiger partial charge in [-0.05, 0) is 88.5 Å². The van der Waals surface area contributed by atoms with Crippen molar-refractivity contribution in [3.63, 3.8) is 0 Å². The Kier molecular flexibility index (Phi) is 11.9. The zero-order valence-corrected chi connectivity index (χ0v) is 25.6. The van der Waals surface area contributed by atoms with Gasteiger partial charge in [0.05, 0.1) is 12.3 Å². The minimum atomic E-state index is -0.126. The molecular formula is C32H45ClN4O4. The Morgan fingerprint density at radius 2 is 1.76 bits per heavy atom. The van der Waals surface area contributed by atoms with Gasteiger partial charge in [0, 0.05) is 63.0 Å². The Bertz CT molecular complexity index is 1150. The predicted octanol–water partition coefficient (Wildman–Crippen LogP) is 4.94. The smallest absolute Gasteiger partial charge is 0.254 e.